The molecule has 0 radical (unpaired) electrons. The van der Waals surface area contributed by atoms with Crippen molar-refractivity contribution < 1.29 is 13.9 Å². The number of nitrogens with zero attached hydrogens (tertiary/aromatic N) is 2. The Morgan fingerprint density at radius 2 is 1.97 bits per heavy atom. The lowest BCUT2D eigenvalue weighted by Gasteiger charge is -2.17. The van der Waals surface area contributed by atoms with E-state index in [0.717, 1.165) is 36.5 Å². The standard InChI is InChI=1S/C23H27FN4O2.HI/c1-16-3-5-20(22(9-16)30-15-18-7-8-29-14-18)13-28-23(26-2)27-12-19-6-4-17(11-25)10-21(19)24;/h3-6,9-10,18H,7-8,12-15H2,1-2H3,(H2,26,27,28);1H. The Hall–Kier alpha value is -2.38. The third-order valence-corrected chi connectivity index (χ3v) is 5.02. The van der Waals surface area contributed by atoms with Gasteiger partial charge < -0.3 is 20.1 Å². The zero-order chi connectivity index (χ0) is 21.3. The minimum atomic E-state index is -0.415. The van der Waals surface area contributed by atoms with Gasteiger partial charge >= 0.3 is 0 Å². The Morgan fingerprint density at radius 3 is 2.61 bits per heavy atom. The second-order valence-corrected chi connectivity index (χ2v) is 7.35. The van der Waals surface area contributed by atoms with Gasteiger partial charge in [0.25, 0.3) is 0 Å². The molecule has 1 aliphatic heterocycles. The zero-order valence-corrected chi connectivity index (χ0v) is 20.1. The molecule has 2 aromatic rings. The van der Waals surface area contributed by atoms with Gasteiger partial charge in [0, 0.05) is 43.8 Å². The number of guanidine groups is 1. The highest BCUT2D eigenvalue weighted by molar-refractivity contribution is 14.0. The Morgan fingerprint density at radius 1 is 1.23 bits per heavy atom. The molecule has 2 aromatic carbocycles. The molecule has 1 fully saturated rings. The van der Waals surface area contributed by atoms with Gasteiger partial charge in [0.15, 0.2) is 5.96 Å². The summed E-state index contributed by atoms with van der Waals surface area (Å²) in [6.45, 7) is 5.01. The molecular formula is C23H28FIN4O2. The van der Waals surface area contributed by atoms with Crippen LogP contribution >= 0.6 is 24.0 Å². The van der Waals surface area contributed by atoms with Gasteiger partial charge in [-0.3, -0.25) is 4.99 Å². The van der Waals surface area contributed by atoms with Crippen molar-refractivity contribution in [3.8, 4) is 11.8 Å². The fourth-order valence-electron chi connectivity index (χ4n) is 3.20. The van der Waals surface area contributed by atoms with Gasteiger partial charge in [-0.1, -0.05) is 18.2 Å². The minimum absolute atomic E-state index is 0. The molecule has 1 aliphatic rings. The van der Waals surface area contributed by atoms with Gasteiger partial charge in [0.2, 0.25) is 0 Å². The van der Waals surface area contributed by atoms with Crippen molar-refractivity contribution in [2.24, 2.45) is 10.9 Å². The lowest BCUT2D eigenvalue weighted by molar-refractivity contribution is 0.166. The van der Waals surface area contributed by atoms with Crippen LogP contribution in [0, 0.1) is 30.0 Å². The monoisotopic (exact) mass is 538 g/mol. The zero-order valence-electron chi connectivity index (χ0n) is 17.8. The van der Waals surface area contributed by atoms with Crippen molar-refractivity contribution in [3.63, 3.8) is 0 Å². The van der Waals surface area contributed by atoms with Crippen LogP contribution in [0.3, 0.4) is 0 Å². The second-order valence-electron chi connectivity index (χ2n) is 7.35. The third-order valence-electron chi connectivity index (χ3n) is 5.02. The summed E-state index contributed by atoms with van der Waals surface area (Å²) >= 11 is 0. The molecule has 166 valence electrons. The summed E-state index contributed by atoms with van der Waals surface area (Å²) in [7, 11) is 1.66. The molecule has 1 unspecified atom stereocenters. The van der Waals surface area contributed by atoms with Crippen LogP contribution in [0.25, 0.3) is 0 Å². The number of hydrogen-bond donors (Lipinski definition) is 2. The molecule has 8 heteroatoms. The molecular weight excluding hydrogens is 510 g/mol. The molecule has 6 nitrogen and oxygen atoms in total. The van der Waals surface area contributed by atoms with Gasteiger partial charge in [0.05, 0.1) is 24.8 Å². The molecule has 1 saturated heterocycles. The highest BCUT2D eigenvalue weighted by atomic mass is 127. The fraction of sp³-hybridized carbons (Fsp3) is 0.391. The van der Waals surface area contributed by atoms with Crippen LogP contribution in [-0.4, -0.2) is 32.8 Å². The molecule has 1 atom stereocenters. The molecule has 0 amide bonds. The van der Waals surface area contributed by atoms with E-state index in [1.165, 1.54) is 6.07 Å². The van der Waals surface area contributed by atoms with E-state index in [2.05, 4.69) is 15.6 Å². The number of benzene rings is 2. The molecule has 0 aromatic heterocycles. The predicted octanol–water partition coefficient (Wildman–Crippen LogP) is 3.90. The summed E-state index contributed by atoms with van der Waals surface area (Å²) in [6, 6.07) is 12.5. The van der Waals surface area contributed by atoms with Crippen LogP contribution in [0.15, 0.2) is 41.4 Å². The van der Waals surface area contributed by atoms with Crippen LogP contribution in [0.5, 0.6) is 5.75 Å². The van der Waals surface area contributed by atoms with E-state index in [1.807, 2.05) is 31.2 Å². The Kier molecular flexibility index (Phi) is 10.0. The Labute approximate surface area is 199 Å². The van der Waals surface area contributed by atoms with E-state index in [0.29, 0.717) is 36.2 Å². The van der Waals surface area contributed by atoms with Crippen molar-refractivity contribution in [1.29, 1.82) is 5.26 Å². The SMILES string of the molecule is CN=C(NCc1ccc(C#N)cc1F)NCc1ccc(C)cc1OCC1CCOC1.I. The smallest absolute Gasteiger partial charge is 0.191 e. The maximum Gasteiger partial charge on any atom is 0.191 e. The number of ether oxygens (including phenoxy) is 2. The van der Waals surface area contributed by atoms with E-state index in [4.69, 9.17) is 14.7 Å². The van der Waals surface area contributed by atoms with Crippen LogP contribution in [0.4, 0.5) is 4.39 Å². The summed E-state index contributed by atoms with van der Waals surface area (Å²) in [4.78, 5) is 4.20. The fourth-order valence-corrected chi connectivity index (χ4v) is 3.20. The van der Waals surface area contributed by atoms with Gasteiger partial charge in [0.1, 0.15) is 11.6 Å². The summed E-state index contributed by atoms with van der Waals surface area (Å²) in [6.07, 6.45) is 1.03. The maximum absolute atomic E-state index is 14.1. The van der Waals surface area contributed by atoms with Gasteiger partial charge in [-0.15, -0.1) is 24.0 Å². The first-order valence-corrected chi connectivity index (χ1v) is 10.0. The molecule has 0 spiro atoms. The van der Waals surface area contributed by atoms with Crippen LogP contribution in [-0.2, 0) is 17.8 Å². The Bertz CT molecular complexity index is 940. The van der Waals surface area contributed by atoms with Gasteiger partial charge in [-0.25, -0.2) is 4.39 Å². The van der Waals surface area contributed by atoms with Crippen molar-refractivity contribution in [3.05, 3.63) is 64.5 Å². The van der Waals surface area contributed by atoms with E-state index in [-0.39, 0.29) is 30.5 Å². The van der Waals surface area contributed by atoms with E-state index in [9.17, 15) is 4.39 Å². The average molecular weight is 538 g/mol. The number of rotatable bonds is 7. The first-order chi connectivity index (χ1) is 14.6. The number of aryl methyl sites for hydroxylation is 1. The van der Waals surface area contributed by atoms with Crippen molar-refractivity contribution in [2.75, 3.05) is 26.9 Å². The number of hydrogen-bond acceptors (Lipinski definition) is 4. The van der Waals surface area contributed by atoms with Gasteiger partial charge in [-0.2, -0.15) is 5.26 Å². The molecule has 0 saturated carbocycles. The first kappa shape index (κ1) is 24.9. The van der Waals surface area contributed by atoms with Crippen molar-refractivity contribution in [2.45, 2.75) is 26.4 Å². The number of nitrogens with one attached hydrogen (secondary N) is 2. The second kappa shape index (κ2) is 12.5. The van der Waals surface area contributed by atoms with Gasteiger partial charge in [-0.05, 0) is 37.1 Å². The number of aliphatic imine (C=N–C) groups is 1. The third kappa shape index (κ3) is 7.36. The molecule has 0 bridgehead atoms. The van der Waals surface area contributed by atoms with E-state index < -0.39 is 5.82 Å². The largest absolute Gasteiger partial charge is 0.493 e. The number of halogens is 2. The van der Waals surface area contributed by atoms with Crippen molar-refractivity contribution in [1.82, 2.24) is 10.6 Å². The highest BCUT2D eigenvalue weighted by Crippen LogP contribution is 2.22. The maximum atomic E-state index is 14.1. The summed E-state index contributed by atoms with van der Waals surface area (Å²) in [5.41, 5.74) is 2.92. The minimum Gasteiger partial charge on any atom is -0.493 e. The quantitative estimate of drug-likeness (QED) is 0.318. The van der Waals surface area contributed by atoms with E-state index >= 15 is 0 Å². The summed E-state index contributed by atoms with van der Waals surface area (Å²) < 4.78 is 25.6. The molecule has 31 heavy (non-hydrogen) atoms. The van der Waals surface area contributed by atoms with Crippen LogP contribution in [0.2, 0.25) is 0 Å². The predicted molar refractivity (Wildman–Crippen MR) is 129 cm³/mol. The summed E-state index contributed by atoms with van der Waals surface area (Å²) in [5, 5.41) is 15.2. The normalized spacial score (nSPS) is 15.7. The average Bonchev–Trinajstić information content (AvgIpc) is 3.27. The van der Waals surface area contributed by atoms with E-state index in [1.54, 1.807) is 19.2 Å². The molecule has 2 N–H and O–H groups in total. The Balaban J connectivity index is 0.00000341. The molecule has 0 aliphatic carbocycles. The highest BCUT2D eigenvalue weighted by Gasteiger charge is 2.17. The van der Waals surface area contributed by atoms with Crippen LogP contribution < -0.4 is 15.4 Å². The lowest BCUT2D eigenvalue weighted by Crippen LogP contribution is -2.36. The topological polar surface area (TPSA) is 78.7 Å². The molecule has 1 heterocycles. The molecule has 3 rings (SSSR count). The first-order valence-electron chi connectivity index (χ1n) is 10.0. The lowest BCUT2D eigenvalue weighted by atomic mass is 10.1. The van der Waals surface area contributed by atoms with Crippen LogP contribution in [0.1, 0.15) is 28.7 Å². The number of nitriles is 1. The summed E-state index contributed by atoms with van der Waals surface area (Å²) in [5.74, 6) is 1.42. The van der Waals surface area contributed by atoms with Crippen molar-refractivity contribution >= 4 is 29.9 Å².